The molecule has 1 aromatic heterocycles. The van der Waals surface area contributed by atoms with Crippen LogP contribution in [-0.4, -0.2) is 49.2 Å². The Morgan fingerprint density at radius 2 is 1.89 bits per heavy atom. The van der Waals surface area contributed by atoms with Crippen molar-refractivity contribution < 1.29 is 47.4 Å². The lowest BCUT2D eigenvalue weighted by Crippen LogP contribution is -2.43. The van der Waals surface area contributed by atoms with Crippen molar-refractivity contribution in [3.63, 3.8) is 0 Å². The van der Waals surface area contributed by atoms with Crippen molar-refractivity contribution >= 4 is 34.7 Å². The smallest absolute Gasteiger partial charge is 0.294 e. The van der Waals surface area contributed by atoms with Gasteiger partial charge in [-0.05, 0) is 49.3 Å². The van der Waals surface area contributed by atoms with Crippen LogP contribution in [0.3, 0.4) is 0 Å². The number of Topliss-reactive ketones (excluding diaryl/α,β-unsaturated/α-hetero) is 3. The number of phenolic OH excluding ortho intramolecular Hbond substituents is 1. The van der Waals surface area contributed by atoms with Crippen LogP contribution in [0.5, 0.6) is 5.75 Å². The highest BCUT2D eigenvalue weighted by Gasteiger charge is 2.50. The fourth-order valence-electron chi connectivity index (χ4n) is 5.39. The van der Waals surface area contributed by atoms with E-state index in [2.05, 4.69) is 10.5 Å². The predicted molar refractivity (Wildman–Crippen MR) is 124 cm³/mol. The van der Waals surface area contributed by atoms with Gasteiger partial charge in [-0.3, -0.25) is 19.2 Å². The number of hydrogen-bond acceptors (Lipinski definition) is 9. The summed E-state index contributed by atoms with van der Waals surface area (Å²) >= 11 is 0. The van der Waals surface area contributed by atoms with Crippen molar-refractivity contribution in [2.24, 2.45) is 17.8 Å². The number of benzene rings is 1. The van der Waals surface area contributed by atoms with Gasteiger partial charge in [-0.2, -0.15) is 0 Å². The number of carbonyl (C=O) groups is 4. The van der Waals surface area contributed by atoms with Crippen LogP contribution in [0.2, 0.25) is 0 Å². The Bertz CT molecular complexity index is 1350. The molecule has 0 radical (unpaired) electrons. The number of phenols is 1. The third-order valence-corrected chi connectivity index (χ3v) is 6.79. The van der Waals surface area contributed by atoms with E-state index in [1.807, 2.05) is 0 Å². The van der Waals surface area contributed by atoms with Crippen molar-refractivity contribution in [3.8, 4) is 5.75 Å². The maximum Gasteiger partial charge on any atom is 0.294 e. The molecule has 0 bridgehead atoms. The number of aliphatic hydroxyl groups is 2. The van der Waals surface area contributed by atoms with E-state index in [4.69, 9.17) is 4.52 Å². The number of nitrogens with zero attached hydrogens (tertiary/aromatic N) is 1. The van der Waals surface area contributed by atoms with Crippen LogP contribution >= 0.6 is 0 Å². The Balaban J connectivity index is 0.00000160. The molecule has 2 aromatic rings. The average molecular weight is 486 g/mol. The van der Waals surface area contributed by atoms with Gasteiger partial charge in [0.05, 0.1) is 23.3 Å². The maximum absolute atomic E-state index is 13.4. The highest BCUT2D eigenvalue weighted by molar-refractivity contribution is 6.22. The summed E-state index contributed by atoms with van der Waals surface area (Å²) in [7, 11) is 0. The molecule has 1 saturated carbocycles. The normalized spacial score (nSPS) is 23.2. The number of hydrogen-bond donors (Lipinski definition) is 4. The molecule has 1 aromatic carbocycles. The number of fused-ring (bicyclic) bond motifs is 3. The van der Waals surface area contributed by atoms with E-state index in [1.165, 1.54) is 24.4 Å². The van der Waals surface area contributed by atoms with Gasteiger partial charge >= 0.3 is 0 Å². The third kappa shape index (κ3) is 3.60. The Morgan fingerprint density at radius 1 is 1.14 bits per heavy atom. The highest BCUT2D eigenvalue weighted by Crippen LogP contribution is 2.51. The van der Waals surface area contributed by atoms with E-state index in [9.17, 15) is 34.5 Å². The second-order valence-corrected chi connectivity index (χ2v) is 8.76. The van der Waals surface area contributed by atoms with Crippen LogP contribution in [0.25, 0.3) is 5.76 Å². The summed E-state index contributed by atoms with van der Waals surface area (Å²) in [5.74, 6) is -5.75. The molecule has 0 saturated heterocycles. The topological polar surface area (TPSA) is 199 Å². The van der Waals surface area contributed by atoms with E-state index in [0.717, 1.165) is 6.92 Å². The SMILES string of the molecule is CC(=O)C1=C(O)C2C(=O)C3=C(O)c4c(O)ccc(NC(=O)c5ccno5)c4CC3CC2CC1=O.O.[HH].[HH]. The predicted octanol–water partition coefficient (Wildman–Crippen LogP) is 2.32. The van der Waals surface area contributed by atoms with Gasteiger partial charge < -0.3 is 30.6 Å². The summed E-state index contributed by atoms with van der Waals surface area (Å²) in [4.78, 5) is 50.2. The monoisotopic (exact) mass is 486 g/mol. The summed E-state index contributed by atoms with van der Waals surface area (Å²) < 4.78 is 4.86. The van der Waals surface area contributed by atoms with Gasteiger partial charge in [0.15, 0.2) is 17.3 Å². The van der Waals surface area contributed by atoms with Crippen LogP contribution in [-0.2, 0) is 20.8 Å². The maximum atomic E-state index is 13.4. The number of allylic oxidation sites excluding steroid dienone is 3. The van der Waals surface area contributed by atoms with Gasteiger partial charge in [-0.15, -0.1) is 0 Å². The number of aliphatic hydroxyl groups excluding tert-OH is 2. The molecule has 35 heavy (non-hydrogen) atoms. The molecule has 0 spiro atoms. The van der Waals surface area contributed by atoms with Crippen molar-refractivity contribution in [3.05, 3.63) is 58.2 Å². The van der Waals surface area contributed by atoms with E-state index in [0.29, 0.717) is 17.7 Å². The zero-order valence-electron chi connectivity index (χ0n) is 18.5. The van der Waals surface area contributed by atoms with E-state index in [1.54, 1.807) is 0 Å². The van der Waals surface area contributed by atoms with Crippen molar-refractivity contribution in [2.75, 3.05) is 5.32 Å². The van der Waals surface area contributed by atoms with Crippen molar-refractivity contribution in [1.29, 1.82) is 0 Å². The lowest BCUT2D eigenvalue weighted by Gasteiger charge is -2.41. The standard InChI is InChI=1S/C24H20N2O8.H2O.2H2/c1-9(27)17-15(29)8-11-6-10-7-12-13(26-24(33)16-4-5-25-34-16)2-3-14(28)20(12)23(32)18(10)22(31)19(11)21(17)30;;;/h2-5,10-11,19,28,30,32H,6-8H2,1H3,(H,26,33);1H2;2*1H. The Hall–Kier alpha value is -4.25. The molecule has 0 aliphatic heterocycles. The lowest BCUT2D eigenvalue weighted by atomic mass is 9.61. The lowest BCUT2D eigenvalue weighted by molar-refractivity contribution is -0.127. The molecule has 11 heteroatoms. The van der Waals surface area contributed by atoms with Crippen molar-refractivity contribution in [1.82, 2.24) is 5.16 Å². The molecule has 5 rings (SSSR count). The Labute approximate surface area is 201 Å². The van der Waals surface area contributed by atoms with Crippen LogP contribution < -0.4 is 5.32 Å². The Morgan fingerprint density at radius 3 is 2.54 bits per heavy atom. The first kappa shape index (κ1) is 23.9. The minimum absolute atomic E-state index is 0. The number of aromatic nitrogens is 1. The molecule has 3 atom stereocenters. The molecule has 1 amide bonds. The molecular weight excluding hydrogens is 460 g/mol. The minimum Gasteiger partial charge on any atom is -0.511 e. The average Bonchev–Trinajstić information content (AvgIpc) is 3.30. The first-order valence-corrected chi connectivity index (χ1v) is 10.7. The second kappa shape index (κ2) is 8.51. The largest absolute Gasteiger partial charge is 0.511 e. The number of rotatable bonds is 3. The first-order valence-electron chi connectivity index (χ1n) is 10.7. The zero-order chi connectivity index (χ0) is 24.3. The first-order chi connectivity index (χ1) is 16.2. The number of amides is 1. The third-order valence-electron chi connectivity index (χ3n) is 6.79. The summed E-state index contributed by atoms with van der Waals surface area (Å²) in [5, 5.41) is 38.4. The Kier molecular flexibility index (Phi) is 5.81. The molecule has 3 aliphatic carbocycles. The number of ketones is 3. The fourth-order valence-corrected chi connectivity index (χ4v) is 5.39. The van der Waals surface area contributed by atoms with Gasteiger partial charge in [0.2, 0.25) is 5.76 Å². The minimum atomic E-state index is -1.11. The summed E-state index contributed by atoms with van der Waals surface area (Å²) in [6.07, 6.45) is 1.74. The number of aromatic hydroxyl groups is 1. The van der Waals surface area contributed by atoms with Crippen LogP contribution in [0.1, 0.15) is 44.3 Å². The number of nitrogens with one attached hydrogen (secondary N) is 1. The van der Waals surface area contributed by atoms with E-state index >= 15 is 0 Å². The molecule has 1 heterocycles. The van der Waals surface area contributed by atoms with E-state index in [-0.39, 0.29) is 49.4 Å². The van der Waals surface area contributed by atoms with Gasteiger partial charge in [0, 0.05) is 26.6 Å². The molecule has 1 fully saturated rings. The highest BCUT2D eigenvalue weighted by atomic mass is 16.5. The molecule has 186 valence electrons. The van der Waals surface area contributed by atoms with E-state index < -0.39 is 52.5 Å². The molecule has 11 nitrogen and oxygen atoms in total. The zero-order valence-corrected chi connectivity index (χ0v) is 18.5. The molecule has 6 N–H and O–H groups in total. The molecule has 3 unspecified atom stereocenters. The molecule has 3 aliphatic rings. The summed E-state index contributed by atoms with van der Waals surface area (Å²) in [5.41, 5.74) is 0.416. The van der Waals surface area contributed by atoms with Gasteiger partial charge in [-0.25, -0.2) is 0 Å². The number of carbonyl (C=O) groups excluding carboxylic acids is 4. The van der Waals surface area contributed by atoms with Crippen LogP contribution in [0, 0.1) is 17.8 Å². The van der Waals surface area contributed by atoms with Crippen LogP contribution in [0.4, 0.5) is 5.69 Å². The molecular formula is C24H26N2O9. The quantitative estimate of drug-likeness (QED) is 0.371. The van der Waals surface area contributed by atoms with Gasteiger partial charge in [-0.1, -0.05) is 5.16 Å². The van der Waals surface area contributed by atoms with Crippen molar-refractivity contribution in [2.45, 2.75) is 26.2 Å². The van der Waals surface area contributed by atoms with Gasteiger partial charge in [0.25, 0.3) is 5.91 Å². The van der Waals surface area contributed by atoms with Crippen LogP contribution in [0.15, 0.2) is 45.8 Å². The second-order valence-electron chi connectivity index (χ2n) is 8.76. The number of anilines is 1. The van der Waals surface area contributed by atoms with Gasteiger partial charge in [0.1, 0.15) is 17.3 Å². The fraction of sp³-hybridized carbons (Fsp3) is 0.292. The summed E-state index contributed by atoms with van der Waals surface area (Å²) in [6, 6.07) is 4.14. The summed E-state index contributed by atoms with van der Waals surface area (Å²) in [6.45, 7) is 1.15.